The predicted molar refractivity (Wildman–Crippen MR) is 57.5 cm³/mol. The van der Waals surface area contributed by atoms with Crippen molar-refractivity contribution >= 4 is 5.97 Å². The van der Waals surface area contributed by atoms with Crippen molar-refractivity contribution in [3.05, 3.63) is 24.3 Å². The Bertz CT molecular complexity index is 254. The molecule has 0 aromatic heterocycles. The van der Waals surface area contributed by atoms with Gasteiger partial charge in [-0.3, -0.25) is 0 Å². The van der Waals surface area contributed by atoms with Crippen LogP contribution in [0, 0.1) is 18.3 Å². The third-order valence-corrected chi connectivity index (χ3v) is 1.38. The molecular formula is C12H16O2. The number of ether oxygens (including phenoxy) is 1. The highest BCUT2D eigenvalue weighted by Crippen LogP contribution is 1.99. The molecule has 14 heavy (non-hydrogen) atoms. The van der Waals surface area contributed by atoms with Gasteiger partial charge in [-0.25, -0.2) is 4.79 Å². The van der Waals surface area contributed by atoms with E-state index in [0.29, 0.717) is 5.92 Å². The molecule has 0 amide bonds. The van der Waals surface area contributed by atoms with Crippen LogP contribution in [0.2, 0.25) is 0 Å². The van der Waals surface area contributed by atoms with E-state index in [1.54, 1.807) is 6.08 Å². The summed E-state index contributed by atoms with van der Waals surface area (Å²) in [5.74, 6) is 2.45. The average Bonchev–Trinajstić information content (AvgIpc) is 2.13. The molecule has 0 rings (SSSR count). The van der Waals surface area contributed by atoms with Gasteiger partial charge in [-0.15, -0.1) is 6.42 Å². The number of terminal acetylenes is 1. The van der Waals surface area contributed by atoms with Crippen molar-refractivity contribution in [3.63, 3.8) is 0 Å². The molecule has 0 aliphatic carbocycles. The van der Waals surface area contributed by atoms with Crippen LogP contribution in [0.25, 0.3) is 0 Å². The van der Waals surface area contributed by atoms with E-state index in [9.17, 15) is 4.79 Å². The zero-order valence-electron chi connectivity index (χ0n) is 8.69. The standard InChI is InChI=1S/C12H16O2/c1-4-10-14-12(13)9-7-5-6-8-11(2)3/h1,5-7,9,11H,8,10H2,2-3H3. The number of allylic oxidation sites excluding steroid dienone is 3. The SMILES string of the molecule is C#CCOC(=O)C=CC=CCC(C)C. The predicted octanol–water partition coefficient (Wildman–Crippen LogP) is 2.32. The summed E-state index contributed by atoms with van der Waals surface area (Å²) in [4.78, 5) is 10.9. The third-order valence-electron chi connectivity index (χ3n) is 1.38. The molecule has 0 atom stereocenters. The largest absolute Gasteiger partial charge is 0.449 e. The van der Waals surface area contributed by atoms with E-state index in [1.165, 1.54) is 6.08 Å². The van der Waals surface area contributed by atoms with Crippen molar-refractivity contribution < 1.29 is 9.53 Å². The topological polar surface area (TPSA) is 26.3 Å². The Morgan fingerprint density at radius 1 is 1.50 bits per heavy atom. The summed E-state index contributed by atoms with van der Waals surface area (Å²) in [7, 11) is 0. The quantitative estimate of drug-likeness (QED) is 0.289. The molecule has 2 nitrogen and oxygen atoms in total. The van der Waals surface area contributed by atoms with Crippen molar-refractivity contribution in [1.82, 2.24) is 0 Å². The second kappa shape index (κ2) is 8.12. The Balaban J connectivity index is 3.67. The zero-order valence-corrected chi connectivity index (χ0v) is 8.69. The first-order chi connectivity index (χ1) is 6.66. The molecule has 0 aromatic carbocycles. The summed E-state index contributed by atoms with van der Waals surface area (Å²) in [6.07, 6.45) is 12.8. The van der Waals surface area contributed by atoms with E-state index in [0.717, 1.165) is 6.42 Å². The Labute approximate surface area is 85.6 Å². The van der Waals surface area contributed by atoms with Gasteiger partial charge >= 0.3 is 5.97 Å². The summed E-state index contributed by atoms with van der Waals surface area (Å²) in [5, 5.41) is 0. The second-order valence-corrected chi connectivity index (χ2v) is 3.23. The van der Waals surface area contributed by atoms with Crippen LogP contribution in [0.3, 0.4) is 0 Å². The second-order valence-electron chi connectivity index (χ2n) is 3.23. The van der Waals surface area contributed by atoms with E-state index in [1.807, 2.05) is 12.2 Å². The summed E-state index contributed by atoms with van der Waals surface area (Å²) in [6, 6.07) is 0. The molecule has 76 valence electrons. The number of carbonyl (C=O) groups is 1. The smallest absolute Gasteiger partial charge is 0.331 e. The van der Waals surface area contributed by atoms with Gasteiger partial charge in [0.05, 0.1) is 0 Å². The van der Waals surface area contributed by atoms with Crippen LogP contribution in [-0.2, 0) is 9.53 Å². The van der Waals surface area contributed by atoms with Gasteiger partial charge in [0, 0.05) is 6.08 Å². The van der Waals surface area contributed by atoms with E-state index in [4.69, 9.17) is 6.42 Å². The van der Waals surface area contributed by atoms with E-state index < -0.39 is 5.97 Å². The van der Waals surface area contributed by atoms with Crippen LogP contribution in [0.4, 0.5) is 0 Å². The summed E-state index contributed by atoms with van der Waals surface area (Å²) in [6.45, 7) is 4.29. The van der Waals surface area contributed by atoms with Crippen LogP contribution in [0.5, 0.6) is 0 Å². The van der Waals surface area contributed by atoms with Crippen molar-refractivity contribution in [2.24, 2.45) is 5.92 Å². The minimum Gasteiger partial charge on any atom is -0.449 e. The van der Waals surface area contributed by atoms with Crippen LogP contribution < -0.4 is 0 Å². The van der Waals surface area contributed by atoms with E-state index in [-0.39, 0.29) is 6.61 Å². The maximum absolute atomic E-state index is 10.9. The number of hydrogen-bond donors (Lipinski definition) is 0. The highest BCUT2D eigenvalue weighted by atomic mass is 16.5. The number of hydrogen-bond acceptors (Lipinski definition) is 2. The number of carbonyl (C=O) groups excluding carboxylic acids is 1. The van der Waals surface area contributed by atoms with E-state index in [2.05, 4.69) is 24.5 Å². The lowest BCUT2D eigenvalue weighted by molar-refractivity contribution is -0.136. The van der Waals surface area contributed by atoms with Crippen molar-refractivity contribution in [2.75, 3.05) is 6.61 Å². The highest BCUT2D eigenvalue weighted by Gasteiger charge is 1.91. The van der Waals surface area contributed by atoms with Gasteiger partial charge in [0.2, 0.25) is 0 Å². The molecular weight excluding hydrogens is 176 g/mol. The minimum absolute atomic E-state index is 0.0267. The average molecular weight is 192 g/mol. The van der Waals surface area contributed by atoms with Gasteiger partial charge in [-0.05, 0) is 12.3 Å². The lowest BCUT2D eigenvalue weighted by Crippen LogP contribution is -1.99. The van der Waals surface area contributed by atoms with Gasteiger partial charge in [-0.1, -0.05) is 38.0 Å². The molecule has 0 saturated heterocycles. The van der Waals surface area contributed by atoms with Crippen molar-refractivity contribution in [2.45, 2.75) is 20.3 Å². The number of rotatable bonds is 5. The highest BCUT2D eigenvalue weighted by molar-refractivity contribution is 5.82. The molecule has 0 aliphatic rings. The molecule has 0 radical (unpaired) electrons. The van der Waals surface area contributed by atoms with E-state index >= 15 is 0 Å². The van der Waals surface area contributed by atoms with Gasteiger partial charge in [-0.2, -0.15) is 0 Å². The normalized spacial score (nSPS) is 11.0. The first-order valence-corrected chi connectivity index (χ1v) is 4.60. The molecule has 0 spiro atoms. The van der Waals surface area contributed by atoms with Crippen LogP contribution in [0.1, 0.15) is 20.3 Å². The fraction of sp³-hybridized carbons (Fsp3) is 0.417. The zero-order chi connectivity index (χ0) is 10.8. The summed E-state index contributed by atoms with van der Waals surface area (Å²) < 4.78 is 4.62. The molecule has 0 aliphatic heterocycles. The van der Waals surface area contributed by atoms with Gasteiger partial charge in [0.15, 0.2) is 6.61 Å². The Kier molecular flexibility index (Phi) is 7.26. The first-order valence-electron chi connectivity index (χ1n) is 4.60. The Morgan fingerprint density at radius 2 is 2.21 bits per heavy atom. The third kappa shape index (κ3) is 8.61. The van der Waals surface area contributed by atoms with Crippen LogP contribution in [0.15, 0.2) is 24.3 Å². The monoisotopic (exact) mass is 192 g/mol. The lowest BCUT2D eigenvalue weighted by Gasteiger charge is -1.95. The van der Waals surface area contributed by atoms with Crippen molar-refractivity contribution in [3.8, 4) is 12.3 Å². The van der Waals surface area contributed by atoms with Crippen LogP contribution in [-0.4, -0.2) is 12.6 Å². The Morgan fingerprint density at radius 3 is 2.79 bits per heavy atom. The molecule has 0 fully saturated rings. The van der Waals surface area contributed by atoms with Gasteiger partial charge in [0.1, 0.15) is 0 Å². The maximum Gasteiger partial charge on any atom is 0.331 e. The van der Waals surface area contributed by atoms with Crippen molar-refractivity contribution in [1.29, 1.82) is 0 Å². The molecule has 2 heteroatoms. The fourth-order valence-corrected chi connectivity index (χ4v) is 0.724. The minimum atomic E-state index is -0.405. The molecule has 0 bridgehead atoms. The van der Waals surface area contributed by atoms with Gasteiger partial charge < -0.3 is 4.74 Å². The Hall–Kier alpha value is -1.49. The first kappa shape index (κ1) is 12.5. The molecule has 0 heterocycles. The number of esters is 1. The molecule has 0 aromatic rings. The summed E-state index contributed by atoms with van der Waals surface area (Å²) in [5.41, 5.74) is 0. The van der Waals surface area contributed by atoms with Gasteiger partial charge in [0.25, 0.3) is 0 Å². The fourth-order valence-electron chi connectivity index (χ4n) is 0.724. The summed E-state index contributed by atoms with van der Waals surface area (Å²) >= 11 is 0. The lowest BCUT2D eigenvalue weighted by atomic mass is 10.1. The molecule has 0 unspecified atom stereocenters. The molecule has 0 N–H and O–H groups in total. The molecule has 0 saturated carbocycles. The maximum atomic E-state index is 10.9. The van der Waals surface area contributed by atoms with Crippen LogP contribution >= 0.6 is 0 Å².